The Labute approximate surface area is 121 Å². The van der Waals surface area contributed by atoms with E-state index in [4.69, 9.17) is 16.3 Å². The van der Waals surface area contributed by atoms with Gasteiger partial charge in [0, 0.05) is 15.9 Å². The van der Waals surface area contributed by atoms with Gasteiger partial charge in [-0.15, -0.1) is 0 Å². The summed E-state index contributed by atoms with van der Waals surface area (Å²) in [5.74, 6) is 0.473. The molecule has 100 valence electrons. The van der Waals surface area contributed by atoms with Gasteiger partial charge in [-0.25, -0.2) is 0 Å². The van der Waals surface area contributed by atoms with E-state index >= 15 is 0 Å². The van der Waals surface area contributed by atoms with Crippen molar-refractivity contribution in [2.24, 2.45) is 0 Å². The molecule has 0 aliphatic heterocycles. The molecule has 0 radical (unpaired) electrons. The van der Waals surface area contributed by atoms with Gasteiger partial charge in [0.15, 0.2) is 6.29 Å². The first-order valence-electron chi connectivity index (χ1n) is 6.21. The van der Waals surface area contributed by atoms with Gasteiger partial charge < -0.3 is 9.72 Å². The van der Waals surface area contributed by atoms with E-state index in [9.17, 15) is 4.79 Å². The van der Waals surface area contributed by atoms with Crippen molar-refractivity contribution in [3.8, 4) is 5.88 Å². The van der Waals surface area contributed by atoms with Crippen LogP contribution in [-0.2, 0) is 6.61 Å². The van der Waals surface area contributed by atoms with Crippen LogP contribution in [0.15, 0.2) is 48.5 Å². The molecule has 3 aromatic rings. The summed E-state index contributed by atoms with van der Waals surface area (Å²) in [7, 11) is 0. The van der Waals surface area contributed by atoms with Crippen LogP contribution in [0.3, 0.4) is 0 Å². The fraction of sp³-hybridized carbons (Fsp3) is 0.0625. The van der Waals surface area contributed by atoms with Gasteiger partial charge in [-0.1, -0.05) is 41.9 Å². The smallest absolute Gasteiger partial charge is 0.203 e. The van der Waals surface area contributed by atoms with Gasteiger partial charge in [-0.3, -0.25) is 4.79 Å². The number of aromatic nitrogens is 1. The average molecular weight is 286 g/mol. The van der Waals surface area contributed by atoms with Crippen LogP contribution in [0.5, 0.6) is 5.88 Å². The molecule has 0 amide bonds. The van der Waals surface area contributed by atoms with Crippen LogP contribution in [0.4, 0.5) is 0 Å². The Morgan fingerprint density at radius 1 is 1.15 bits per heavy atom. The lowest BCUT2D eigenvalue weighted by atomic mass is 10.2. The highest BCUT2D eigenvalue weighted by Gasteiger charge is 2.12. The molecule has 2 aromatic carbocycles. The zero-order valence-corrected chi connectivity index (χ0v) is 11.4. The summed E-state index contributed by atoms with van der Waals surface area (Å²) in [5.41, 5.74) is 2.37. The first kappa shape index (κ1) is 12.8. The van der Waals surface area contributed by atoms with Crippen LogP contribution < -0.4 is 4.74 Å². The minimum Gasteiger partial charge on any atom is -0.474 e. The molecule has 0 saturated heterocycles. The lowest BCUT2D eigenvalue weighted by Crippen LogP contribution is -1.97. The van der Waals surface area contributed by atoms with Crippen molar-refractivity contribution in [2.45, 2.75) is 6.61 Å². The molecule has 0 aliphatic carbocycles. The molecule has 1 N–H and O–H groups in total. The van der Waals surface area contributed by atoms with E-state index in [-0.39, 0.29) is 0 Å². The molecule has 3 rings (SSSR count). The fourth-order valence-electron chi connectivity index (χ4n) is 2.12. The van der Waals surface area contributed by atoms with Crippen molar-refractivity contribution >= 4 is 28.8 Å². The number of benzene rings is 2. The standard InChI is InChI=1S/C16H12ClNO2/c17-12-6-7-15-13(8-12)14(9-19)16(18-15)20-10-11-4-2-1-3-5-11/h1-9,18H,10H2. The van der Waals surface area contributed by atoms with Crippen LogP contribution in [0.1, 0.15) is 15.9 Å². The average Bonchev–Trinajstić information content (AvgIpc) is 2.83. The van der Waals surface area contributed by atoms with Crippen LogP contribution >= 0.6 is 11.6 Å². The number of carbonyl (C=O) groups is 1. The number of halogens is 1. The predicted octanol–water partition coefficient (Wildman–Crippen LogP) is 4.21. The van der Waals surface area contributed by atoms with Crippen LogP contribution in [0.2, 0.25) is 5.02 Å². The van der Waals surface area contributed by atoms with Gasteiger partial charge in [0.2, 0.25) is 5.88 Å². The van der Waals surface area contributed by atoms with E-state index in [0.717, 1.165) is 22.8 Å². The molecule has 0 saturated carbocycles. The molecule has 0 atom stereocenters. The maximum atomic E-state index is 11.3. The summed E-state index contributed by atoms with van der Waals surface area (Å²) in [6.45, 7) is 0.405. The topological polar surface area (TPSA) is 42.1 Å². The minimum absolute atomic E-state index is 0.405. The first-order chi connectivity index (χ1) is 9.78. The zero-order valence-electron chi connectivity index (χ0n) is 10.6. The highest BCUT2D eigenvalue weighted by atomic mass is 35.5. The third-order valence-electron chi connectivity index (χ3n) is 3.11. The molecule has 1 heterocycles. The zero-order chi connectivity index (χ0) is 13.9. The van der Waals surface area contributed by atoms with E-state index in [1.807, 2.05) is 36.4 Å². The van der Waals surface area contributed by atoms with Crippen molar-refractivity contribution in [2.75, 3.05) is 0 Å². The summed E-state index contributed by atoms with van der Waals surface area (Å²) < 4.78 is 5.71. The summed E-state index contributed by atoms with van der Waals surface area (Å²) in [6, 6.07) is 15.2. The normalized spacial score (nSPS) is 10.7. The number of hydrogen-bond donors (Lipinski definition) is 1. The Kier molecular flexibility index (Phi) is 3.44. The van der Waals surface area contributed by atoms with Crippen LogP contribution in [0.25, 0.3) is 10.9 Å². The van der Waals surface area contributed by atoms with Crippen molar-refractivity contribution in [1.29, 1.82) is 0 Å². The molecule has 1 aromatic heterocycles. The fourth-order valence-corrected chi connectivity index (χ4v) is 2.29. The molecular formula is C16H12ClNO2. The van der Waals surface area contributed by atoms with Gasteiger partial charge in [-0.05, 0) is 23.8 Å². The highest BCUT2D eigenvalue weighted by molar-refractivity contribution is 6.31. The predicted molar refractivity (Wildman–Crippen MR) is 79.5 cm³/mol. The van der Waals surface area contributed by atoms with Crippen molar-refractivity contribution in [3.63, 3.8) is 0 Å². The van der Waals surface area contributed by atoms with E-state index < -0.39 is 0 Å². The maximum Gasteiger partial charge on any atom is 0.203 e. The van der Waals surface area contributed by atoms with Crippen molar-refractivity contribution in [3.05, 3.63) is 64.7 Å². The number of carbonyl (C=O) groups excluding carboxylic acids is 1. The molecule has 0 unspecified atom stereocenters. The monoisotopic (exact) mass is 285 g/mol. The second-order valence-electron chi connectivity index (χ2n) is 4.45. The lowest BCUT2D eigenvalue weighted by Gasteiger charge is -2.04. The Morgan fingerprint density at radius 3 is 2.70 bits per heavy atom. The van der Waals surface area contributed by atoms with Crippen molar-refractivity contribution in [1.82, 2.24) is 4.98 Å². The molecule has 0 aliphatic rings. The first-order valence-corrected chi connectivity index (χ1v) is 6.59. The quantitative estimate of drug-likeness (QED) is 0.730. The third-order valence-corrected chi connectivity index (χ3v) is 3.34. The Bertz CT molecular complexity index is 750. The number of fused-ring (bicyclic) bond motifs is 1. The van der Waals surface area contributed by atoms with E-state index in [1.54, 1.807) is 12.1 Å². The van der Waals surface area contributed by atoms with Gasteiger partial charge in [0.1, 0.15) is 6.61 Å². The van der Waals surface area contributed by atoms with E-state index in [2.05, 4.69) is 4.98 Å². The second-order valence-corrected chi connectivity index (χ2v) is 4.89. The van der Waals surface area contributed by atoms with Crippen LogP contribution in [-0.4, -0.2) is 11.3 Å². The molecule has 0 spiro atoms. The number of rotatable bonds is 4. The maximum absolute atomic E-state index is 11.3. The molecule has 4 heteroatoms. The minimum atomic E-state index is 0.405. The molecular weight excluding hydrogens is 274 g/mol. The van der Waals surface area contributed by atoms with Gasteiger partial charge in [-0.2, -0.15) is 0 Å². The SMILES string of the molecule is O=Cc1c(OCc2ccccc2)[nH]c2ccc(Cl)cc12. The Morgan fingerprint density at radius 2 is 1.95 bits per heavy atom. The summed E-state index contributed by atoms with van der Waals surface area (Å²) >= 11 is 5.96. The lowest BCUT2D eigenvalue weighted by molar-refractivity contribution is 0.112. The van der Waals surface area contributed by atoms with Gasteiger partial charge in [0.25, 0.3) is 0 Å². The summed E-state index contributed by atoms with van der Waals surface area (Å²) in [6.07, 6.45) is 0.787. The van der Waals surface area contributed by atoms with E-state index in [1.165, 1.54) is 0 Å². The molecule has 20 heavy (non-hydrogen) atoms. The summed E-state index contributed by atoms with van der Waals surface area (Å²) in [4.78, 5) is 14.4. The van der Waals surface area contributed by atoms with E-state index in [0.29, 0.717) is 23.1 Å². The number of aromatic amines is 1. The second kappa shape index (κ2) is 5.39. The Hall–Kier alpha value is -2.26. The third kappa shape index (κ3) is 2.40. The van der Waals surface area contributed by atoms with Gasteiger partial charge >= 0.3 is 0 Å². The number of nitrogens with one attached hydrogen (secondary N) is 1. The molecule has 0 fully saturated rings. The van der Waals surface area contributed by atoms with Crippen LogP contribution in [0, 0.1) is 0 Å². The number of aldehydes is 1. The largest absolute Gasteiger partial charge is 0.474 e. The van der Waals surface area contributed by atoms with Crippen molar-refractivity contribution < 1.29 is 9.53 Å². The Balaban J connectivity index is 1.93. The number of hydrogen-bond acceptors (Lipinski definition) is 2. The molecule has 3 nitrogen and oxygen atoms in total. The molecule has 0 bridgehead atoms. The number of ether oxygens (including phenoxy) is 1. The number of H-pyrrole nitrogens is 1. The highest BCUT2D eigenvalue weighted by Crippen LogP contribution is 2.29. The summed E-state index contributed by atoms with van der Waals surface area (Å²) in [5, 5.41) is 1.37. The van der Waals surface area contributed by atoms with Gasteiger partial charge in [0.05, 0.1) is 5.56 Å².